The normalized spacial score (nSPS) is 11.7. The van der Waals surface area contributed by atoms with Crippen molar-refractivity contribution in [2.45, 2.75) is 20.8 Å². The molecule has 2 nitrogen and oxygen atoms in total. The lowest BCUT2D eigenvalue weighted by Crippen LogP contribution is -2.74. The van der Waals surface area contributed by atoms with Crippen LogP contribution in [-0.4, -0.2) is 17.6 Å². The molecule has 0 spiro atoms. The molecule has 0 bridgehead atoms. The highest BCUT2D eigenvalue weighted by Gasteiger charge is 2.41. The van der Waals surface area contributed by atoms with Gasteiger partial charge in [-0.15, -0.1) is 0 Å². The molecule has 0 unspecified atom stereocenters. The second-order valence-corrected chi connectivity index (χ2v) is 18.1. The Balaban J connectivity index is 1.35. The van der Waals surface area contributed by atoms with Gasteiger partial charge in [-0.05, 0) is 89.0 Å². The summed E-state index contributed by atoms with van der Waals surface area (Å²) in [6.07, 6.45) is 0. The van der Waals surface area contributed by atoms with E-state index in [4.69, 9.17) is 4.98 Å². The maximum Gasteiger partial charge on any atom is 0.179 e. The number of benzene rings is 7. The van der Waals surface area contributed by atoms with E-state index in [2.05, 4.69) is 213 Å². The van der Waals surface area contributed by atoms with Gasteiger partial charge in [0.15, 0.2) is 8.07 Å². The molecule has 53 heavy (non-hydrogen) atoms. The molecule has 3 heteroatoms. The average Bonchev–Trinajstić information content (AvgIpc) is 3.52. The molecule has 0 atom stereocenters. The number of hydrogen-bond acceptors (Lipinski definition) is 1. The Bertz CT molecular complexity index is 2650. The van der Waals surface area contributed by atoms with Gasteiger partial charge in [-0.2, -0.15) is 0 Å². The highest BCUT2D eigenvalue weighted by Crippen LogP contribution is 2.35. The molecule has 0 aliphatic rings. The number of rotatable bonds is 7. The van der Waals surface area contributed by atoms with Crippen molar-refractivity contribution >= 4 is 50.6 Å². The van der Waals surface area contributed by atoms with Gasteiger partial charge in [0.25, 0.3) is 0 Å². The quantitative estimate of drug-likeness (QED) is 0.120. The second kappa shape index (κ2) is 13.4. The number of nitrogens with zero attached hydrogens (tertiary/aromatic N) is 2. The van der Waals surface area contributed by atoms with E-state index in [0.29, 0.717) is 0 Å². The summed E-state index contributed by atoms with van der Waals surface area (Å²) in [5.41, 5.74) is 10.4. The van der Waals surface area contributed by atoms with Gasteiger partial charge in [0, 0.05) is 16.3 Å². The highest BCUT2D eigenvalue weighted by atomic mass is 28.3. The third-order valence-electron chi connectivity index (χ3n) is 10.6. The van der Waals surface area contributed by atoms with Crippen molar-refractivity contribution in [3.05, 3.63) is 205 Å². The van der Waals surface area contributed by atoms with Gasteiger partial charge in [-0.1, -0.05) is 168 Å². The van der Waals surface area contributed by atoms with Crippen molar-refractivity contribution in [2.24, 2.45) is 0 Å². The molecule has 0 saturated carbocycles. The minimum atomic E-state index is -2.75. The van der Waals surface area contributed by atoms with Gasteiger partial charge in [-0.25, -0.2) is 4.98 Å². The molecule has 7 aromatic carbocycles. The monoisotopic (exact) mass is 696 g/mol. The average molecular weight is 697 g/mol. The molecular formula is C50H40N2Si. The second-order valence-electron chi connectivity index (χ2n) is 14.3. The van der Waals surface area contributed by atoms with E-state index in [1.807, 2.05) is 0 Å². The van der Waals surface area contributed by atoms with Crippen LogP contribution in [0, 0.1) is 20.8 Å². The van der Waals surface area contributed by atoms with Crippen LogP contribution in [0.4, 0.5) is 0 Å². The molecular weight excluding hydrogens is 657 g/mol. The van der Waals surface area contributed by atoms with Crippen LogP contribution in [0.25, 0.3) is 50.0 Å². The summed E-state index contributed by atoms with van der Waals surface area (Å²) in [6.45, 7) is 6.56. The fourth-order valence-corrected chi connectivity index (χ4v) is 13.2. The Kier molecular flexibility index (Phi) is 8.22. The van der Waals surface area contributed by atoms with Crippen LogP contribution in [0.2, 0.25) is 0 Å². The van der Waals surface area contributed by atoms with Crippen molar-refractivity contribution in [3.63, 3.8) is 0 Å². The lowest BCUT2D eigenvalue weighted by Gasteiger charge is -2.35. The molecule has 0 fully saturated rings. The summed E-state index contributed by atoms with van der Waals surface area (Å²) in [6, 6.07) is 69.5. The van der Waals surface area contributed by atoms with Gasteiger partial charge in [0.2, 0.25) is 0 Å². The fraction of sp³-hybridized carbons (Fsp3) is 0.0600. The van der Waals surface area contributed by atoms with E-state index in [1.54, 1.807) is 0 Å². The van der Waals surface area contributed by atoms with Crippen LogP contribution in [0.3, 0.4) is 0 Å². The van der Waals surface area contributed by atoms with Crippen LogP contribution in [0.15, 0.2) is 188 Å². The lowest BCUT2D eigenvalue weighted by molar-refractivity contribution is 1.08. The molecule has 0 N–H and O–H groups in total. The van der Waals surface area contributed by atoms with E-state index in [9.17, 15) is 0 Å². The maximum atomic E-state index is 5.44. The molecule has 0 aliphatic carbocycles. The summed E-state index contributed by atoms with van der Waals surface area (Å²) in [7, 11) is -2.75. The van der Waals surface area contributed by atoms with Crippen molar-refractivity contribution in [1.82, 2.24) is 9.55 Å². The number of para-hydroxylation sites is 1. The molecule has 0 aliphatic heterocycles. The minimum absolute atomic E-state index is 0.912. The van der Waals surface area contributed by atoms with E-state index >= 15 is 0 Å². The first kappa shape index (κ1) is 32.6. The van der Waals surface area contributed by atoms with Gasteiger partial charge in [0.1, 0.15) is 5.82 Å². The molecule has 2 heterocycles. The van der Waals surface area contributed by atoms with Crippen molar-refractivity contribution in [3.8, 4) is 28.2 Å². The summed E-state index contributed by atoms with van der Waals surface area (Å²) in [5.74, 6) is 0.912. The summed E-state index contributed by atoms with van der Waals surface area (Å²) < 4.78 is 2.35. The standard InChI is InChI=1S/C50H40N2Si/c1-35-16-15-17-38(28-35)47-33-40(34-50(51-47)52-48-25-14-13-24-45(48)46-31-36(2)26-27-49(46)52)39-29-37(3)30-44(32-39)53(41-18-7-4-8-19-41,42-20-9-5-10-21-42)43-22-11-6-12-23-43/h4-34H,1-3H3. The third-order valence-corrected chi connectivity index (χ3v) is 15.4. The molecule has 0 radical (unpaired) electrons. The first-order valence-corrected chi connectivity index (χ1v) is 20.4. The number of aryl methyl sites for hydroxylation is 3. The van der Waals surface area contributed by atoms with Crippen molar-refractivity contribution < 1.29 is 0 Å². The first-order valence-electron chi connectivity index (χ1n) is 18.4. The maximum absolute atomic E-state index is 5.44. The number of hydrogen-bond donors (Lipinski definition) is 0. The Morgan fingerprint density at radius 2 is 0.943 bits per heavy atom. The molecule has 0 amide bonds. The summed E-state index contributed by atoms with van der Waals surface area (Å²) >= 11 is 0. The highest BCUT2D eigenvalue weighted by molar-refractivity contribution is 7.19. The third kappa shape index (κ3) is 5.71. The van der Waals surface area contributed by atoms with Gasteiger partial charge < -0.3 is 0 Å². The molecule has 9 aromatic rings. The first-order chi connectivity index (χ1) is 26.0. The Hall–Kier alpha value is -6.29. The molecule has 0 saturated heterocycles. The van der Waals surface area contributed by atoms with Crippen LogP contribution < -0.4 is 20.7 Å². The van der Waals surface area contributed by atoms with Gasteiger partial charge >= 0.3 is 0 Å². The Morgan fingerprint density at radius 1 is 0.377 bits per heavy atom. The van der Waals surface area contributed by atoms with Gasteiger partial charge in [-0.3, -0.25) is 4.57 Å². The predicted octanol–water partition coefficient (Wildman–Crippen LogP) is 9.82. The zero-order chi connectivity index (χ0) is 35.9. The zero-order valence-electron chi connectivity index (χ0n) is 30.3. The van der Waals surface area contributed by atoms with E-state index < -0.39 is 8.07 Å². The van der Waals surface area contributed by atoms with Crippen LogP contribution in [0.1, 0.15) is 16.7 Å². The Labute approximate surface area is 312 Å². The van der Waals surface area contributed by atoms with E-state index in [-0.39, 0.29) is 0 Å². The van der Waals surface area contributed by atoms with Crippen molar-refractivity contribution in [1.29, 1.82) is 0 Å². The van der Waals surface area contributed by atoms with Gasteiger partial charge in [0.05, 0.1) is 16.7 Å². The predicted molar refractivity (Wildman–Crippen MR) is 227 cm³/mol. The van der Waals surface area contributed by atoms with Crippen LogP contribution >= 0.6 is 0 Å². The van der Waals surface area contributed by atoms with Crippen LogP contribution in [0.5, 0.6) is 0 Å². The Morgan fingerprint density at radius 3 is 1.60 bits per heavy atom. The molecule has 2 aromatic heterocycles. The molecule has 9 rings (SSSR count). The number of aromatic nitrogens is 2. The minimum Gasteiger partial charge on any atom is -0.294 e. The fourth-order valence-electron chi connectivity index (χ4n) is 8.31. The smallest absolute Gasteiger partial charge is 0.179 e. The summed E-state index contributed by atoms with van der Waals surface area (Å²) in [5, 5.41) is 7.94. The topological polar surface area (TPSA) is 17.8 Å². The SMILES string of the molecule is Cc1cccc(-c2cc(-c3cc(C)cc([Si](c4ccccc4)(c4ccccc4)c4ccccc4)c3)cc(-n3c4ccccc4c4cc(C)ccc43)n2)c1. The van der Waals surface area contributed by atoms with Crippen molar-refractivity contribution in [2.75, 3.05) is 0 Å². The molecule has 254 valence electrons. The summed E-state index contributed by atoms with van der Waals surface area (Å²) in [4.78, 5) is 5.44. The lowest BCUT2D eigenvalue weighted by atomic mass is 10.0. The largest absolute Gasteiger partial charge is 0.294 e. The zero-order valence-corrected chi connectivity index (χ0v) is 31.3. The number of pyridine rings is 1. The van der Waals surface area contributed by atoms with E-state index in [1.165, 1.54) is 53.8 Å². The van der Waals surface area contributed by atoms with E-state index in [0.717, 1.165) is 33.7 Å². The van der Waals surface area contributed by atoms with Crippen LogP contribution in [-0.2, 0) is 0 Å². The number of fused-ring (bicyclic) bond motifs is 3.